The predicted molar refractivity (Wildman–Crippen MR) is 107 cm³/mol. The van der Waals surface area contributed by atoms with Crippen molar-refractivity contribution < 1.29 is 14.2 Å². The molecule has 0 saturated carbocycles. The molecule has 2 aromatic rings. The first-order chi connectivity index (χ1) is 13.3. The van der Waals surface area contributed by atoms with Crippen LogP contribution in [0.2, 0.25) is 0 Å². The highest BCUT2D eigenvalue weighted by Gasteiger charge is 2.22. The van der Waals surface area contributed by atoms with Gasteiger partial charge in [0.2, 0.25) is 0 Å². The van der Waals surface area contributed by atoms with Gasteiger partial charge in [-0.25, -0.2) is 0 Å². The number of benzene rings is 2. The van der Waals surface area contributed by atoms with E-state index in [1.165, 1.54) is 18.5 Å². The molecular weight excluding hydrogens is 340 g/mol. The van der Waals surface area contributed by atoms with Crippen molar-refractivity contribution in [1.82, 2.24) is 5.32 Å². The van der Waals surface area contributed by atoms with Crippen molar-refractivity contribution in [3.05, 3.63) is 48.5 Å². The number of hydrogen-bond acceptors (Lipinski definition) is 5. The van der Waals surface area contributed by atoms with Crippen LogP contribution in [0.3, 0.4) is 0 Å². The van der Waals surface area contributed by atoms with Crippen molar-refractivity contribution in [2.75, 3.05) is 44.8 Å². The molecule has 2 aliphatic heterocycles. The van der Waals surface area contributed by atoms with Gasteiger partial charge in [-0.3, -0.25) is 0 Å². The number of piperidine rings is 1. The van der Waals surface area contributed by atoms with Crippen molar-refractivity contribution in [2.45, 2.75) is 18.9 Å². The number of para-hydroxylation sites is 2. The highest BCUT2D eigenvalue weighted by molar-refractivity contribution is 5.49. The van der Waals surface area contributed by atoms with Crippen LogP contribution in [-0.4, -0.2) is 46.0 Å². The molecule has 1 N–H and O–H groups in total. The summed E-state index contributed by atoms with van der Waals surface area (Å²) in [6, 6.07) is 16.2. The van der Waals surface area contributed by atoms with Crippen molar-refractivity contribution in [1.29, 1.82) is 0 Å². The van der Waals surface area contributed by atoms with E-state index in [4.69, 9.17) is 14.2 Å². The molecule has 1 saturated heterocycles. The molecule has 1 atom stereocenters. The molecule has 5 heteroatoms. The van der Waals surface area contributed by atoms with Crippen molar-refractivity contribution in [2.24, 2.45) is 5.92 Å². The lowest BCUT2D eigenvalue weighted by molar-refractivity contribution is 0.0894. The number of nitrogens with one attached hydrogen (secondary N) is 1. The average molecular weight is 368 g/mol. The Balaban J connectivity index is 1.18. The van der Waals surface area contributed by atoms with Gasteiger partial charge in [0.25, 0.3) is 0 Å². The van der Waals surface area contributed by atoms with Gasteiger partial charge in [0.1, 0.15) is 18.5 Å². The number of hydrogen-bond donors (Lipinski definition) is 1. The summed E-state index contributed by atoms with van der Waals surface area (Å²) in [5.41, 5.74) is 1.29. The Morgan fingerprint density at radius 2 is 1.74 bits per heavy atom. The van der Waals surface area contributed by atoms with E-state index >= 15 is 0 Å². The smallest absolute Gasteiger partial charge is 0.161 e. The summed E-state index contributed by atoms with van der Waals surface area (Å²) in [5, 5.41) is 3.59. The molecule has 1 fully saturated rings. The topological polar surface area (TPSA) is 43.0 Å². The van der Waals surface area contributed by atoms with Crippen LogP contribution in [0.15, 0.2) is 48.5 Å². The van der Waals surface area contributed by atoms with Crippen LogP contribution in [0.5, 0.6) is 17.2 Å². The number of nitrogens with zero attached hydrogens (tertiary/aromatic N) is 1. The minimum atomic E-state index is 0.0827. The predicted octanol–water partition coefficient (Wildman–Crippen LogP) is 3.34. The molecule has 2 aliphatic rings. The van der Waals surface area contributed by atoms with Crippen LogP contribution in [0, 0.1) is 5.92 Å². The van der Waals surface area contributed by atoms with E-state index in [2.05, 4.69) is 22.3 Å². The largest absolute Gasteiger partial charge is 0.497 e. The summed E-state index contributed by atoms with van der Waals surface area (Å²) in [6.07, 6.45) is 2.51. The van der Waals surface area contributed by atoms with Gasteiger partial charge in [-0.1, -0.05) is 12.1 Å². The van der Waals surface area contributed by atoms with Gasteiger partial charge in [-0.15, -0.1) is 0 Å². The SMILES string of the molecule is COc1ccc(N2CCC(CNC[C@H]3COc4ccccc4O3)CC2)cc1. The number of anilines is 1. The van der Waals surface area contributed by atoms with Gasteiger partial charge in [-0.2, -0.15) is 0 Å². The van der Waals surface area contributed by atoms with Gasteiger partial charge >= 0.3 is 0 Å². The van der Waals surface area contributed by atoms with E-state index < -0.39 is 0 Å². The fourth-order valence-corrected chi connectivity index (χ4v) is 3.80. The summed E-state index contributed by atoms with van der Waals surface area (Å²) < 4.78 is 17.0. The maximum absolute atomic E-state index is 6.01. The molecule has 2 aromatic carbocycles. The number of rotatable bonds is 6. The van der Waals surface area contributed by atoms with Crippen LogP contribution in [-0.2, 0) is 0 Å². The van der Waals surface area contributed by atoms with E-state index in [1.54, 1.807) is 7.11 Å². The van der Waals surface area contributed by atoms with Gasteiger partial charge in [0, 0.05) is 25.3 Å². The van der Waals surface area contributed by atoms with E-state index in [0.717, 1.165) is 49.3 Å². The summed E-state index contributed by atoms with van der Waals surface area (Å²) in [5.74, 6) is 3.33. The standard InChI is InChI=1S/C22H28N2O3/c1-25-19-8-6-18(7-9-19)24-12-10-17(11-13-24)14-23-15-20-16-26-21-4-2-3-5-22(21)27-20/h2-9,17,20,23H,10-16H2,1H3/t20-/m0/s1. The fourth-order valence-electron chi connectivity index (χ4n) is 3.80. The molecule has 27 heavy (non-hydrogen) atoms. The third kappa shape index (κ3) is 4.48. The maximum atomic E-state index is 6.01. The van der Waals surface area contributed by atoms with Crippen LogP contribution < -0.4 is 24.4 Å². The van der Waals surface area contributed by atoms with Crippen molar-refractivity contribution >= 4 is 5.69 Å². The third-order valence-corrected chi connectivity index (χ3v) is 5.42. The quantitative estimate of drug-likeness (QED) is 0.847. The Morgan fingerprint density at radius 3 is 2.48 bits per heavy atom. The molecular formula is C22H28N2O3. The van der Waals surface area contributed by atoms with Gasteiger partial charge in [0.05, 0.1) is 7.11 Å². The second-order valence-corrected chi connectivity index (χ2v) is 7.28. The minimum Gasteiger partial charge on any atom is -0.497 e. The number of methoxy groups -OCH3 is 1. The Labute approximate surface area is 161 Å². The molecule has 0 unspecified atom stereocenters. The lowest BCUT2D eigenvalue weighted by atomic mass is 9.96. The van der Waals surface area contributed by atoms with Crippen LogP contribution >= 0.6 is 0 Å². The van der Waals surface area contributed by atoms with Gasteiger partial charge < -0.3 is 24.4 Å². The molecule has 4 rings (SSSR count). The highest BCUT2D eigenvalue weighted by Crippen LogP contribution is 2.30. The lowest BCUT2D eigenvalue weighted by Gasteiger charge is -2.34. The second-order valence-electron chi connectivity index (χ2n) is 7.28. The maximum Gasteiger partial charge on any atom is 0.161 e. The molecule has 0 amide bonds. The lowest BCUT2D eigenvalue weighted by Crippen LogP contribution is -2.42. The molecule has 144 valence electrons. The van der Waals surface area contributed by atoms with E-state index in [-0.39, 0.29) is 6.10 Å². The van der Waals surface area contributed by atoms with Crippen LogP contribution in [0.1, 0.15) is 12.8 Å². The summed E-state index contributed by atoms with van der Waals surface area (Å²) >= 11 is 0. The van der Waals surface area contributed by atoms with Gasteiger partial charge in [0.15, 0.2) is 11.5 Å². The van der Waals surface area contributed by atoms with Crippen molar-refractivity contribution in [3.8, 4) is 17.2 Å². The average Bonchev–Trinajstić information content (AvgIpc) is 2.74. The highest BCUT2D eigenvalue weighted by atomic mass is 16.6. The zero-order valence-electron chi connectivity index (χ0n) is 15.9. The Hall–Kier alpha value is -2.40. The van der Waals surface area contributed by atoms with E-state index in [1.807, 2.05) is 36.4 Å². The monoisotopic (exact) mass is 368 g/mol. The molecule has 0 aliphatic carbocycles. The zero-order valence-corrected chi connectivity index (χ0v) is 15.9. The first-order valence-electron chi connectivity index (χ1n) is 9.80. The zero-order chi connectivity index (χ0) is 18.5. The van der Waals surface area contributed by atoms with Gasteiger partial charge in [-0.05, 0) is 61.7 Å². The Bertz CT molecular complexity index is 727. The molecule has 0 bridgehead atoms. The first-order valence-corrected chi connectivity index (χ1v) is 9.80. The van der Waals surface area contributed by atoms with E-state index in [9.17, 15) is 0 Å². The number of fused-ring (bicyclic) bond motifs is 1. The fraction of sp³-hybridized carbons (Fsp3) is 0.455. The second kappa shape index (κ2) is 8.53. The van der Waals surface area contributed by atoms with Crippen LogP contribution in [0.25, 0.3) is 0 Å². The van der Waals surface area contributed by atoms with Crippen LogP contribution in [0.4, 0.5) is 5.69 Å². The molecule has 2 heterocycles. The molecule has 0 spiro atoms. The summed E-state index contributed by atoms with van der Waals surface area (Å²) in [7, 11) is 1.71. The van der Waals surface area contributed by atoms with E-state index in [0.29, 0.717) is 6.61 Å². The number of ether oxygens (including phenoxy) is 3. The summed E-state index contributed by atoms with van der Waals surface area (Å²) in [6.45, 7) is 4.69. The minimum absolute atomic E-state index is 0.0827. The molecule has 0 aromatic heterocycles. The normalized spacial score (nSPS) is 19.7. The molecule has 0 radical (unpaired) electrons. The Morgan fingerprint density at radius 1 is 1.00 bits per heavy atom. The first kappa shape index (κ1) is 18.0. The van der Waals surface area contributed by atoms with Crippen molar-refractivity contribution in [3.63, 3.8) is 0 Å². The Kier molecular flexibility index (Phi) is 5.68. The molecule has 5 nitrogen and oxygen atoms in total. The third-order valence-electron chi connectivity index (χ3n) is 5.42. The summed E-state index contributed by atoms with van der Waals surface area (Å²) in [4.78, 5) is 2.46.